The van der Waals surface area contributed by atoms with Gasteiger partial charge in [-0.15, -0.1) is 0 Å². The molecule has 1 rings (SSSR count). The smallest absolute Gasteiger partial charge is 0.241 e. The van der Waals surface area contributed by atoms with Crippen LogP contribution >= 0.6 is 0 Å². The number of amides is 2. The SMILES string of the molecule is CCC(CN)C(=O)Nc1cnn(CC(=O)NC)c1. The van der Waals surface area contributed by atoms with E-state index < -0.39 is 0 Å². The van der Waals surface area contributed by atoms with Gasteiger partial charge >= 0.3 is 0 Å². The Bertz CT molecular complexity index is 411. The maximum Gasteiger partial charge on any atom is 0.241 e. The Morgan fingerprint density at radius 2 is 2.28 bits per heavy atom. The molecule has 0 saturated carbocycles. The van der Waals surface area contributed by atoms with Crippen molar-refractivity contribution in [1.82, 2.24) is 15.1 Å². The lowest BCUT2D eigenvalue weighted by atomic mass is 10.1. The highest BCUT2D eigenvalue weighted by atomic mass is 16.2. The van der Waals surface area contributed by atoms with E-state index in [9.17, 15) is 9.59 Å². The second-order valence-electron chi connectivity index (χ2n) is 3.93. The van der Waals surface area contributed by atoms with Crippen molar-refractivity contribution < 1.29 is 9.59 Å². The molecule has 0 aliphatic carbocycles. The van der Waals surface area contributed by atoms with Gasteiger partial charge < -0.3 is 16.4 Å². The van der Waals surface area contributed by atoms with E-state index in [0.29, 0.717) is 18.7 Å². The first kappa shape index (κ1) is 14.2. The van der Waals surface area contributed by atoms with Crippen LogP contribution in [0.3, 0.4) is 0 Å². The van der Waals surface area contributed by atoms with Gasteiger partial charge in [0.2, 0.25) is 11.8 Å². The topological polar surface area (TPSA) is 102 Å². The highest BCUT2D eigenvalue weighted by molar-refractivity contribution is 5.92. The lowest BCUT2D eigenvalue weighted by molar-refractivity contribution is -0.121. The first-order valence-electron chi connectivity index (χ1n) is 5.84. The van der Waals surface area contributed by atoms with E-state index in [0.717, 1.165) is 0 Å². The lowest BCUT2D eigenvalue weighted by Gasteiger charge is -2.10. The Morgan fingerprint density at radius 1 is 1.56 bits per heavy atom. The summed E-state index contributed by atoms with van der Waals surface area (Å²) in [6, 6.07) is 0. The van der Waals surface area contributed by atoms with Crippen LogP contribution in [-0.4, -0.2) is 35.2 Å². The minimum Gasteiger partial charge on any atom is -0.358 e. The Hall–Kier alpha value is -1.89. The molecule has 1 unspecified atom stereocenters. The van der Waals surface area contributed by atoms with E-state index in [4.69, 9.17) is 5.73 Å². The van der Waals surface area contributed by atoms with Crippen LogP contribution in [0.1, 0.15) is 13.3 Å². The minimum absolute atomic E-state index is 0.125. The Labute approximate surface area is 106 Å². The standard InChI is InChI=1S/C11H19N5O2/c1-3-8(4-12)11(18)15-9-5-14-16(6-9)7-10(17)13-2/h5-6,8H,3-4,7,12H2,1-2H3,(H,13,17)(H,15,18). The Morgan fingerprint density at radius 3 is 2.83 bits per heavy atom. The maximum absolute atomic E-state index is 11.8. The molecule has 2 amide bonds. The third kappa shape index (κ3) is 3.85. The molecule has 0 saturated heterocycles. The van der Waals surface area contributed by atoms with Gasteiger partial charge in [-0.05, 0) is 6.42 Å². The number of hydrogen-bond acceptors (Lipinski definition) is 4. The fourth-order valence-corrected chi connectivity index (χ4v) is 1.44. The van der Waals surface area contributed by atoms with Crippen LogP contribution in [0.5, 0.6) is 0 Å². The van der Waals surface area contributed by atoms with Crippen molar-refractivity contribution >= 4 is 17.5 Å². The summed E-state index contributed by atoms with van der Waals surface area (Å²) in [7, 11) is 1.56. The molecule has 1 aromatic rings. The third-order valence-electron chi connectivity index (χ3n) is 2.63. The molecule has 1 heterocycles. The van der Waals surface area contributed by atoms with Crippen LogP contribution in [0.4, 0.5) is 5.69 Å². The number of carbonyl (C=O) groups is 2. The average molecular weight is 253 g/mol. The van der Waals surface area contributed by atoms with E-state index in [1.54, 1.807) is 13.2 Å². The Kier molecular flexibility index (Phi) is 5.31. The molecule has 0 radical (unpaired) electrons. The van der Waals surface area contributed by atoms with Gasteiger partial charge in [0.25, 0.3) is 0 Å². The first-order valence-corrected chi connectivity index (χ1v) is 5.84. The van der Waals surface area contributed by atoms with Crippen LogP contribution in [0.25, 0.3) is 0 Å². The van der Waals surface area contributed by atoms with E-state index in [1.165, 1.54) is 10.9 Å². The van der Waals surface area contributed by atoms with Crippen molar-refractivity contribution in [2.24, 2.45) is 11.7 Å². The lowest BCUT2D eigenvalue weighted by Crippen LogP contribution is -2.28. The zero-order valence-corrected chi connectivity index (χ0v) is 10.6. The molecule has 7 nitrogen and oxygen atoms in total. The van der Waals surface area contributed by atoms with Crippen molar-refractivity contribution in [3.8, 4) is 0 Å². The molecule has 100 valence electrons. The molecule has 1 atom stereocenters. The van der Waals surface area contributed by atoms with Crippen LogP contribution in [0.2, 0.25) is 0 Å². The fraction of sp³-hybridized carbons (Fsp3) is 0.545. The van der Waals surface area contributed by atoms with Gasteiger partial charge in [-0.3, -0.25) is 14.3 Å². The van der Waals surface area contributed by atoms with Crippen molar-refractivity contribution in [2.45, 2.75) is 19.9 Å². The zero-order valence-electron chi connectivity index (χ0n) is 10.6. The number of likely N-dealkylation sites (N-methyl/N-ethyl adjacent to an activating group) is 1. The van der Waals surface area contributed by atoms with Crippen LogP contribution in [0.15, 0.2) is 12.4 Å². The van der Waals surface area contributed by atoms with Gasteiger partial charge in [0.05, 0.1) is 17.8 Å². The summed E-state index contributed by atoms with van der Waals surface area (Å²) < 4.78 is 1.46. The zero-order chi connectivity index (χ0) is 13.5. The van der Waals surface area contributed by atoms with E-state index >= 15 is 0 Å². The monoisotopic (exact) mass is 253 g/mol. The largest absolute Gasteiger partial charge is 0.358 e. The first-order chi connectivity index (χ1) is 8.60. The summed E-state index contributed by atoms with van der Waals surface area (Å²) in [5, 5.41) is 9.20. The van der Waals surface area contributed by atoms with Crippen LogP contribution in [-0.2, 0) is 16.1 Å². The predicted octanol–water partition coefficient (Wildman–Crippen LogP) is -0.447. The summed E-state index contributed by atoms with van der Waals surface area (Å²) in [4.78, 5) is 22.9. The highest BCUT2D eigenvalue weighted by Gasteiger charge is 2.15. The second kappa shape index (κ2) is 6.75. The Balaban J connectivity index is 2.58. The molecule has 7 heteroatoms. The molecule has 0 fully saturated rings. The molecular weight excluding hydrogens is 234 g/mol. The van der Waals surface area contributed by atoms with Gasteiger partial charge in [-0.25, -0.2) is 0 Å². The van der Waals surface area contributed by atoms with Crippen molar-refractivity contribution in [1.29, 1.82) is 0 Å². The number of aromatic nitrogens is 2. The van der Waals surface area contributed by atoms with Gasteiger partial charge in [0, 0.05) is 19.8 Å². The molecule has 4 N–H and O–H groups in total. The summed E-state index contributed by atoms with van der Waals surface area (Å²) in [6.45, 7) is 2.35. The molecule has 18 heavy (non-hydrogen) atoms. The molecule has 0 spiro atoms. The number of nitrogens with one attached hydrogen (secondary N) is 2. The summed E-state index contributed by atoms with van der Waals surface area (Å²) in [6.07, 6.45) is 3.80. The summed E-state index contributed by atoms with van der Waals surface area (Å²) in [5.74, 6) is -0.476. The number of rotatable bonds is 6. The highest BCUT2D eigenvalue weighted by Crippen LogP contribution is 2.09. The minimum atomic E-state index is -0.202. The van der Waals surface area contributed by atoms with Crippen LogP contribution in [0, 0.1) is 5.92 Å². The van der Waals surface area contributed by atoms with Gasteiger partial charge in [-0.1, -0.05) is 6.92 Å². The number of nitrogens with two attached hydrogens (primary N) is 1. The second-order valence-corrected chi connectivity index (χ2v) is 3.93. The van der Waals surface area contributed by atoms with Crippen molar-refractivity contribution in [3.05, 3.63) is 12.4 Å². The molecule has 0 aliphatic rings. The van der Waals surface area contributed by atoms with E-state index in [1.807, 2.05) is 6.92 Å². The normalized spacial score (nSPS) is 11.9. The quantitative estimate of drug-likeness (QED) is 0.639. The summed E-state index contributed by atoms with van der Waals surface area (Å²) >= 11 is 0. The third-order valence-corrected chi connectivity index (χ3v) is 2.63. The van der Waals surface area contributed by atoms with Crippen molar-refractivity contribution in [2.75, 3.05) is 18.9 Å². The van der Waals surface area contributed by atoms with Crippen molar-refractivity contribution in [3.63, 3.8) is 0 Å². The molecule has 0 aliphatic heterocycles. The maximum atomic E-state index is 11.8. The molecule has 1 aromatic heterocycles. The fourth-order valence-electron chi connectivity index (χ4n) is 1.44. The average Bonchev–Trinajstić information content (AvgIpc) is 2.77. The number of hydrogen-bond donors (Lipinski definition) is 3. The molecule has 0 bridgehead atoms. The van der Waals surface area contributed by atoms with Gasteiger partial charge in [0.1, 0.15) is 6.54 Å². The van der Waals surface area contributed by atoms with E-state index in [-0.39, 0.29) is 24.3 Å². The molecule has 0 aromatic carbocycles. The molecular formula is C11H19N5O2. The number of carbonyl (C=O) groups excluding carboxylic acids is 2. The predicted molar refractivity (Wildman–Crippen MR) is 67.8 cm³/mol. The number of anilines is 1. The van der Waals surface area contributed by atoms with E-state index in [2.05, 4.69) is 15.7 Å². The van der Waals surface area contributed by atoms with Gasteiger partial charge in [-0.2, -0.15) is 5.10 Å². The van der Waals surface area contributed by atoms with Gasteiger partial charge in [0.15, 0.2) is 0 Å². The number of nitrogens with zero attached hydrogens (tertiary/aromatic N) is 2. The summed E-state index contributed by atoms with van der Waals surface area (Å²) in [5.41, 5.74) is 6.06. The van der Waals surface area contributed by atoms with Crippen LogP contribution < -0.4 is 16.4 Å².